The maximum atomic E-state index is 12.8. The van der Waals surface area contributed by atoms with Gasteiger partial charge in [0.05, 0.1) is 18.1 Å². The summed E-state index contributed by atoms with van der Waals surface area (Å²) >= 11 is 0. The lowest BCUT2D eigenvalue weighted by molar-refractivity contribution is -0.131. The third-order valence-electron chi connectivity index (χ3n) is 4.84. The Morgan fingerprint density at radius 1 is 1.36 bits per heavy atom. The molecule has 0 saturated carbocycles. The van der Waals surface area contributed by atoms with Gasteiger partial charge in [-0.15, -0.1) is 12.4 Å². The highest BCUT2D eigenvalue weighted by Crippen LogP contribution is 2.23. The summed E-state index contributed by atoms with van der Waals surface area (Å²) in [7, 11) is -2.99. The highest BCUT2D eigenvalue weighted by Gasteiger charge is 2.34. The van der Waals surface area contributed by atoms with E-state index < -0.39 is 9.84 Å². The minimum atomic E-state index is -2.99. The van der Waals surface area contributed by atoms with Crippen LogP contribution in [0.25, 0.3) is 0 Å². The number of amides is 1. The molecule has 25 heavy (non-hydrogen) atoms. The van der Waals surface area contributed by atoms with E-state index in [1.807, 2.05) is 25.1 Å². The number of rotatable bonds is 4. The number of carbonyl (C=O) groups is 1. The van der Waals surface area contributed by atoms with E-state index in [1.54, 1.807) is 4.90 Å². The van der Waals surface area contributed by atoms with Crippen LogP contribution in [0.15, 0.2) is 24.3 Å². The lowest BCUT2D eigenvalue weighted by Crippen LogP contribution is -2.47. The Balaban J connectivity index is 0.00000225. The highest BCUT2D eigenvalue weighted by molar-refractivity contribution is 7.91. The third-order valence-corrected chi connectivity index (χ3v) is 6.59. The summed E-state index contributed by atoms with van der Waals surface area (Å²) < 4.78 is 23.5. The lowest BCUT2D eigenvalue weighted by atomic mass is 10.1. The highest BCUT2D eigenvalue weighted by atomic mass is 35.5. The van der Waals surface area contributed by atoms with Crippen molar-refractivity contribution in [1.29, 1.82) is 0 Å². The van der Waals surface area contributed by atoms with Gasteiger partial charge in [0.1, 0.15) is 0 Å². The Morgan fingerprint density at radius 2 is 2.12 bits per heavy atom. The molecule has 1 saturated heterocycles. The summed E-state index contributed by atoms with van der Waals surface area (Å²) in [5, 5.41) is 3.37. The van der Waals surface area contributed by atoms with Crippen LogP contribution in [0.5, 0.6) is 0 Å². The fraction of sp³-hybridized carbons (Fsp3) is 0.588. The average molecular weight is 388 g/mol. The molecule has 3 rings (SSSR count). The first-order valence-corrected chi connectivity index (χ1v) is 10.4. The van der Waals surface area contributed by atoms with E-state index in [2.05, 4.69) is 16.3 Å². The molecule has 1 aromatic rings. The number of carbonyl (C=O) groups excluding carboxylic acids is 1. The average Bonchev–Trinajstić information content (AvgIpc) is 2.79. The van der Waals surface area contributed by atoms with Crippen LogP contribution in [-0.4, -0.2) is 63.0 Å². The Bertz CT molecular complexity index is 711. The molecule has 0 aromatic heterocycles. The first-order valence-electron chi connectivity index (χ1n) is 8.53. The second-order valence-electron chi connectivity index (χ2n) is 6.46. The van der Waals surface area contributed by atoms with E-state index in [9.17, 15) is 13.2 Å². The zero-order valence-electron chi connectivity index (χ0n) is 14.5. The molecule has 8 heteroatoms. The summed E-state index contributed by atoms with van der Waals surface area (Å²) in [5.74, 6) is 0.305. The van der Waals surface area contributed by atoms with E-state index in [0.29, 0.717) is 19.5 Å². The summed E-state index contributed by atoms with van der Waals surface area (Å²) in [6, 6.07) is 7.95. The molecule has 1 unspecified atom stereocenters. The van der Waals surface area contributed by atoms with Crippen molar-refractivity contribution in [2.75, 3.05) is 42.6 Å². The minimum absolute atomic E-state index is 0. The molecule has 0 aliphatic carbocycles. The molecule has 1 N–H and O–H groups in total. The topological polar surface area (TPSA) is 69.7 Å². The van der Waals surface area contributed by atoms with Gasteiger partial charge in [-0.2, -0.15) is 0 Å². The SMILES string of the molecule is CCN(C(=O)CN1CCNCc2ccccc21)C1CCS(=O)(=O)C1.Cl. The maximum absolute atomic E-state index is 12.8. The Morgan fingerprint density at radius 3 is 2.80 bits per heavy atom. The van der Waals surface area contributed by atoms with Crippen molar-refractivity contribution in [1.82, 2.24) is 10.2 Å². The second-order valence-corrected chi connectivity index (χ2v) is 8.69. The van der Waals surface area contributed by atoms with Crippen molar-refractivity contribution in [2.24, 2.45) is 0 Å². The summed E-state index contributed by atoms with van der Waals surface area (Å²) in [6.45, 7) is 5.16. The number of nitrogens with zero attached hydrogens (tertiary/aromatic N) is 2. The van der Waals surface area contributed by atoms with Crippen molar-refractivity contribution >= 4 is 33.8 Å². The quantitative estimate of drug-likeness (QED) is 0.836. The second kappa shape index (κ2) is 8.38. The molecule has 2 heterocycles. The van der Waals surface area contributed by atoms with E-state index in [-0.39, 0.29) is 35.9 Å². The van der Waals surface area contributed by atoms with Gasteiger partial charge < -0.3 is 15.1 Å². The van der Waals surface area contributed by atoms with Gasteiger partial charge in [0.2, 0.25) is 5.91 Å². The van der Waals surface area contributed by atoms with E-state index in [1.165, 1.54) is 5.56 Å². The number of nitrogens with one attached hydrogen (secondary N) is 1. The molecule has 6 nitrogen and oxygen atoms in total. The van der Waals surface area contributed by atoms with Crippen LogP contribution in [0.1, 0.15) is 18.9 Å². The number of para-hydroxylation sites is 1. The molecule has 0 spiro atoms. The zero-order chi connectivity index (χ0) is 17.2. The number of fused-ring (bicyclic) bond motifs is 1. The molecule has 0 radical (unpaired) electrons. The van der Waals surface area contributed by atoms with Crippen LogP contribution in [0.2, 0.25) is 0 Å². The molecule has 140 valence electrons. The van der Waals surface area contributed by atoms with Crippen molar-refractivity contribution < 1.29 is 13.2 Å². The predicted molar refractivity (Wildman–Crippen MR) is 102 cm³/mol. The van der Waals surface area contributed by atoms with Gasteiger partial charge in [0.15, 0.2) is 9.84 Å². The fourth-order valence-corrected chi connectivity index (χ4v) is 5.33. The lowest BCUT2D eigenvalue weighted by Gasteiger charge is -2.31. The van der Waals surface area contributed by atoms with Crippen LogP contribution in [0, 0.1) is 0 Å². The van der Waals surface area contributed by atoms with Gasteiger partial charge >= 0.3 is 0 Å². The van der Waals surface area contributed by atoms with Crippen LogP contribution in [0.4, 0.5) is 5.69 Å². The van der Waals surface area contributed by atoms with Crippen molar-refractivity contribution in [3.8, 4) is 0 Å². The molecule has 2 aliphatic heterocycles. The Kier molecular flexibility index (Phi) is 6.71. The Hall–Kier alpha value is -1.31. The third kappa shape index (κ3) is 4.65. The molecule has 1 atom stereocenters. The predicted octanol–water partition coefficient (Wildman–Crippen LogP) is 1.05. The van der Waals surface area contributed by atoms with Crippen LogP contribution in [-0.2, 0) is 21.2 Å². The number of benzene rings is 1. The summed E-state index contributed by atoms with van der Waals surface area (Å²) in [6.07, 6.45) is 0.556. The van der Waals surface area contributed by atoms with Gasteiger partial charge in [0.25, 0.3) is 0 Å². The van der Waals surface area contributed by atoms with Gasteiger partial charge in [-0.3, -0.25) is 4.79 Å². The number of sulfone groups is 1. The number of hydrogen-bond acceptors (Lipinski definition) is 5. The van der Waals surface area contributed by atoms with E-state index in [4.69, 9.17) is 0 Å². The van der Waals surface area contributed by atoms with Gasteiger partial charge in [-0.05, 0) is 25.0 Å². The van der Waals surface area contributed by atoms with Gasteiger partial charge in [-0.1, -0.05) is 18.2 Å². The largest absolute Gasteiger partial charge is 0.361 e. The first-order chi connectivity index (χ1) is 11.5. The van der Waals surface area contributed by atoms with Crippen LogP contribution in [0.3, 0.4) is 0 Å². The van der Waals surface area contributed by atoms with Gasteiger partial charge in [-0.25, -0.2) is 8.42 Å². The standard InChI is InChI=1S/C17H25N3O3S.ClH/c1-2-20(15-7-10-24(22,23)13-15)17(21)12-19-9-8-18-11-14-5-3-4-6-16(14)19;/h3-6,15,18H,2,7-13H2,1H3;1H. The van der Waals surface area contributed by atoms with E-state index >= 15 is 0 Å². The van der Waals surface area contributed by atoms with E-state index in [0.717, 1.165) is 25.3 Å². The fourth-order valence-electron chi connectivity index (χ4n) is 3.60. The number of anilines is 1. The molecular weight excluding hydrogens is 362 g/mol. The maximum Gasteiger partial charge on any atom is 0.242 e. The molecule has 1 amide bonds. The van der Waals surface area contributed by atoms with Crippen molar-refractivity contribution in [3.05, 3.63) is 29.8 Å². The number of likely N-dealkylation sites (N-methyl/N-ethyl adjacent to an activating group) is 1. The summed E-state index contributed by atoms with van der Waals surface area (Å²) in [5.41, 5.74) is 2.28. The normalized spacial score (nSPS) is 21.8. The monoisotopic (exact) mass is 387 g/mol. The number of halogens is 1. The summed E-state index contributed by atoms with van der Waals surface area (Å²) in [4.78, 5) is 16.7. The van der Waals surface area contributed by atoms with Crippen LogP contribution >= 0.6 is 12.4 Å². The zero-order valence-corrected chi connectivity index (χ0v) is 16.1. The van der Waals surface area contributed by atoms with Gasteiger partial charge in [0, 0.05) is 37.9 Å². The molecule has 2 aliphatic rings. The Labute approximate surface area is 155 Å². The molecule has 1 fully saturated rings. The molecular formula is C17H26ClN3O3S. The first kappa shape index (κ1) is 20.0. The molecule has 1 aromatic carbocycles. The van der Waals surface area contributed by atoms with Crippen molar-refractivity contribution in [2.45, 2.75) is 25.9 Å². The minimum Gasteiger partial charge on any atom is -0.361 e. The molecule has 0 bridgehead atoms. The van der Waals surface area contributed by atoms with Crippen LogP contribution < -0.4 is 10.2 Å². The smallest absolute Gasteiger partial charge is 0.242 e. The van der Waals surface area contributed by atoms with Crippen molar-refractivity contribution in [3.63, 3.8) is 0 Å². The number of hydrogen-bond donors (Lipinski definition) is 1.